The standard InChI is InChI=1S/C14H15ClN4/c15-12-10-3-1-2-4-11(10)13(18-17-12)19-8-7-16-14(9-19)5-6-14/h1-4,16H,5-9H2. The molecule has 1 aromatic carbocycles. The number of nitrogens with one attached hydrogen (secondary N) is 1. The summed E-state index contributed by atoms with van der Waals surface area (Å²) in [5.41, 5.74) is 0.334. The van der Waals surface area contributed by atoms with Crippen LogP contribution in [0.3, 0.4) is 0 Å². The number of hydrogen-bond acceptors (Lipinski definition) is 4. The predicted molar refractivity (Wildman–Crippen MR) is 76.7 cm³/mol. The van der Waals surface area contributed by atoms with Gasteiger partial charge >= 0.3 is 0 Å². The van der Waals surface area contributed by atoms with Crippen LogP contribution in [0.4, 0.5) is 5.82 Å². The molecule has 1 saturated carbocycles. The van der Waals surface area contributed by atoms with Crippen molar-refractivity contribution in [1.29, 1.82) is 0 Å². The highest BCUT2D eigenvalue weighted by molar-refractivity contribution is 6.34. The SMILES string of the molecule is Clc1nnc(N2CCNC3(CC3)C2)c2ccccc12. The molecule has 1 aromatic heterocycles. The van der Waals surface area contributed by atoms with E-state index in [1.54, 1.807) is 0 Å². The second kappa shape index (κ2) is 4.05. The molecule has 1 aliphatic heterocycles. The maximum atomic E-state index is 6.13. The van der Waals surface area contributed by atoms with Gasteiger partial charge in [-0.25, -0.2) is 0 Å². The van der Waals surface area contributed by atoms with Gasteiger partial charge in [0.1, 0.15) is 0 Å². The Morgan fingerprint density at radius 2 is 1.95 bits per heavy atom. The van der Waals surface area contributed by atoms with Crippen LogP contribution in [0, 0.1) is 0 Å². The van der Waals surface area contributed by atoms with Crippen molar-refractivity contribution >= 4 is 28.2 Å². The summed E-state index contributed by atoms with van der Waals surface area (Å²) in [6, 6.07) is 8.09. The molecule has 1 spiro atoms. The lowest BCUT2D eigenvalue weighted by Crippen LogP contribution is -2.52. The number of fused-ring (bicyclic) bond motifs is 1. The summed E-state index contributed by atoms with van der Waals surface area (Å²) in [6.07, 6.45) is 2.53. The first-order valence-corrected chi connectivity index (χ1v) is 7.06. The van der Waals surface area contributed by atoms with E-state index in [0.29, 0.717) is 10.7 Å². The number of halogens is 1. The molecule has 0 atom stereocenters. The highest BCUT2D eigenvalue weighted by Crippen LogP contribution is 2.39. The smallest absolute Gasteiger partial charge is 0.159 e. The zero-order valence-corrected chi connectivity index (χ0v) is 11.3. The van der Waals surface area contributed by atoms with Crippen LogP contribution in [-0.2, 0) is 0 Å². The van der Waals surface area contributed by atoms with Crippen molar-refractivity contribution in [2.45, 2.75) is 18.4 Å². The summed E-state index contributed by atoms with van der Waals surface area (Å²) in [4.78, 5) is 2.34. The van der Waals surface area contributed by atoms with E-state index in [1.165, 1.54) is 12.8 Å². The Hall–Kier alpha value is -1.39. The molecule has 0 radical (unpaired) electrons. The van der Waals surface area contributed by atoms with Crippen molar-refractivity contribution in [2.24, 2.45) is 0 Å². The lowest BCUT2D eigenvalue weighted by molar-refractivity contribution is 0.440. The van der Waals surface area contributed by atoms with Gasteiger partial charge in [-0.05, 0) is 12.8 Å². The van der Waals surface area contributed by atoms with E-state index in [2.05, 4.69) is 26.5 Å². The third-order valence-electron chi connectivity index (χ3n) is 4.15. The van der Waals surface area contributed by atoms with Crippen LogP contribution in [0.1, 0.15) is 12.8 Å². The van der Waals surface area contributed by atoms with Gasteiger partial charge in [0, 0.05) is 35.9 Å². The molecule has 2 aromatic rings. The highest BCUT2D eigenvalue weighted by Gasteiger charge is 2.46. The third kappa shape index (κ3) is 1.86. The number of anilines is 1. The molecule has 2 heterocycles. The third-order valence-corrected chi connectivity index (χ3v) is 4.43. The van der Waals surface area contributed by atoms with Gasteiger partial charge in [0.05, 0.1) is 0 Å². The fraction of sp³-hybridized carbons (Fsp3) is 0.429. The number of benzene rings is 1. The van der Waals surface area contributed by atoms with E-state index in [9.17, 15) is 0 Å². The van der Waals surface area contributed by atoms with Gasteiger partial charge in [0.2, 0.25) is 0 Å². The van der Waals surface area contributed by atoms with Gasteiger partial charge < -0.3 is 10.2 Å². The van der Waals surface area contributed by atoms with E-state index in [1.807, 2.05) is 18.2 Å². The van der Waals surface area contributed by atoms with Crippen molar-refractivity contribution in [2.75, 3.05) is 24.5 Å². The second-order valence-corrected chi connectivity index (χ2v) is 5.85. The van der Waals surface area contributed by atoms with Crippen LogP contribution in [-0.4, -0.2) is 35.4 Å². The molecule has 0 amide bonds. The Kier molecular flexibility index (Phi) is 2.44. The second-order valence-electron chi connectivity index (χ2n) is 5.49. The van der Waals surface area contributed by atoms with Gasteiger partial charge in [-0.15, -0.1) is 10.2 Å². The zero-order chi connectivity index (χ0) is 12.9. The first-order valence-electron chi connectivity index (χ1n) is 6.68. The minimum absolute atomic E-state index is 0.334. The number of aromatic nitrogens is 2. The van der Waals surface area contributed by atoms with Crippen LogP contribution >= 0.6 is 11.6 Å². The molecule has 0 unspecified atom stereocenters. The summed E-state index contributed by atoms with van der Waals surface area (Å²) < 4.78 is 0. The summed E-state index contributed by atoms with van der Waals surface area (Å²) in [5.74, 6) is 0.966. The topological polar surface area (TPSA) is 41.1 Å². The monoisotopic (exact) mass is 274 g/mol. The van der Waals surface area contributed by atoms with Crippen LogP contribution < -0.4 is 10.2 Å². The molecule has 5 heteroatoms. The molecule has 1 N–H and O–H groups in total. The average Bonchev–Trinajstić information content (AvgIpc) is 3.18. The summed E-state index contributed by atoms with van der Waals surface area (Å²) in [6.45, 7) is 3.01. The van der Waals surface area contributed by atoms with Gasteiger partial charge in [0.15, 0.2) is 11.0 Å². The van der Waals surface area contributed by atoms with Crippen molar-refractivity contribution in [3.05, 3.63) is 29.4 Å². The van der Waals surface area contributed by atoms with E-state index < -0.39 is 0 Å². The summed E-state index contributed by atoms with van der Waals surface area (Å²) >= 11 is 6.13. The van der Waals surface area contributed by atoms with E-state index in [-0.39, 0.29) is 0 Å². The van der Waals surface area contributed by atoms with Crippen molar-refractivity contribution in [1.82, 2.24) is 15.5 Å². The van der Waals surface area contributed by atoms with Gasteiger partial charge in [-0.1, -0.05) is 35.9 Å². The summed E-state index contributed by atoms with van der Waals surface area (Å²) in [7, 11) is 0. The van der Waals surface area contributed by atoms with Crippen molar-refractivity contribution < 1.29 is 0 Å². The van der Waals surface area contributed by atoms with E-state index in [0.717, 1.165) is 36.2 Å². The molecular formula is C14H15ClN4. The number of piperazine rings is 1. The molecule has 4 rings (SSSR count). The molecule has 0 bridgehead atoms. The van der Waals surface area contributed by atoms with E-state index in [4.69, 9.17) is 11.6 Å². The quantitative estimate of drug-likeness (QED) is 0.866. The van der Waals surface area contributed by atoms with Crippen molar-refractivity contribution in [3.63, 3.8) is 0 Å². The lowest BCUT2D eigenvalue weighted by Gasteiger charge is -2.35. The molecule has 1 saturated heterocycles. The summed E-state index contributed by atoms with van der Waals surface area (Å²) in [5, 5.41) is 14.6. The first kappa shape index (κ1) is 11.4. The number of nitrogens with zero attached hydrogens (tertiary/aromatic N) is 3. The van der Waals surface area contributed by atoms with Crippen LogP contribution in [0.5, 0.6) is 0 Å². The molecular weight excluding hydrogens is 260 g/mol. The van der Waals surface area contributed by atoms with Gasteiger partial charge in [-0.2, -0.15) is 0 Å². The minimum Gasteiger partial charge on any atom is -0.351 e. The van der Waals surface area contributed by atoms with Gasteiger partial charge in [-0.3, -0.25) is 0 Å². The number of rotatable bonds is 1. The van der Waals surface area contributed by atoms with Crippen molar-refractivity contribution in [3.8, 4) is 0 Å². The largest absolute Gasteiger partial charge is 0.351 e. The van der Waals surface area contributed by atoms with Crippen LogP contribution in [0.15, 0.2) is 24.3 Å². The molecule has 1 aliphatic carbocycles. The molecule has 2 aliphatic rings. The Morgan fingerprint density at radius 3 is 2.74 bits per heavy atom. The predicted octanol–water partition coefficient (Wildman–Crippen LogP) is 2.23. The Bertz CT molecular complexity index is 638. The first-order chi connectivity index (χ1) is 9.27. The maximum absolute atomic E-state index is 6.13. The maximum Gasteiger partial charge on any atom is 0.159 e. The highest BCUT2D eigenvalue weighted by atomic mass is 35.5. The fourth-order valence-electron chi connectivity index (χ4n) is 2.91. The lowest BCUT2D eigenvalue weighted by atomic mass is 10.1. The van der Waals surface area contributed by atoms with Crippen LogP contribution in [0.25, 0.3) is 10.8 Å². The van der Waals surface area contributed by atoms with Crippen LogP contribution in [0.2, 0.25) is 5.15 Å². The Labute approximate surface area is 116 Å². The molecule has 2 fully saturated rings. The molecule has 19 heavy (non-hydrogen) atoms. The fourth-order valence-corrected chi connectivity index (χ4v) is 3.12. The normalized spacial score (nSPS) is 21.0. The Balaban J connectivity index is 1.80. The molecule has 4 nitrogen and oxygen atoms in total. The molecule has 98 valence electrons. The number of hydrogen-bond donors (Lipinski definition) is 1. The zero-order valence-electron chi connectivity index (χ0n) is 10.6. The Morgan fingerprint density at radius 1 is 1.16 bits per heavy atom. The average molecular weight is 275 g/mol. The van der Waals surface area contributed by atoms with E-state index >= 15 is 0 Å². The van der Waals surface area contributed by atoms with Gasteiger partial charge in [0.25, 0.3) is 0 Å². The minimum atomic E-state index is 0.334.